The van der Waals surface area contributed by atoms with Crippen LogP contribution >= 0.6 is 0 Å². The van der Waals surface area contributed by atoms with E-state index in [1.54, 1.807) is 6.92 Å². The number of imide groups is 1. The fourth-order valence-corrected chi connectivity index (χ4v) is 4.85. The number of hydrogen-bond donors (Lipinski definition) is 2. The highest BCUT2D eigenvalue weighted by molar-refractivity contribution is 6.06. The van der Waals surface area contributed by atoms with E-state index in [-0.39, 0.29) is 35.5 Å². The Labute approximate surface area is 159 Å². The summed E-state index contributed by atoms with van der Waals surface area (Å²) in [5.74, 6) is -0.511. The number of amides is 4. The van der Waals surface area contributed by atoms with E-state index in [4.69, 9.17) is 0 Å². The van der Waals surface area contributed by atoms with Crippen LogP contribution < -0.4 is 10.6 Å². The van der Waals surface area contributed by atoms with E-state index in [0.717, 1.165) is 24.0 Å². The summed E-state index contributed by atoms with van der Waals surface area (Å²) in [6.07, 6.45) is 5.43. The van der Waals surface area contributed by atoms with Crippen LogP contribution in [0.25, 0.3) is 0 Å². The normalized spacial score (nSPS) is 29.7. The summed E-state index contributed by atoms with van der Waals surface area (Å²) in [5, 5.41) is 5.55. The number of carbonyl (C=O) groups is 3. The quantitative estimate of drug-likeness (QED) is 0.637. The van der Waals surface area contributed by atoms with Crippen LogP contribution in [0.1, 0.15) is 30.9 Å². The van der Waals surface area contributed by atoms with E-state index in [0.29, 0.717) is 5.69 Å². The first-order valence-corrected chi connectivity index (χ1v) is 9.57. The van der Waals surface area contributed by atoms with Crippen molar-refractivity contribution in [1.29, 1.82) is 0 Å². The first kappa shape index (κ1) is 17.8. The Hall–Kier alpha value is -2.63. The molecule has 6 nitrogen and oxygen atoms in total. The highest BCUT2D eigenvalue weighted by Gasteiger charge is 2.57. The number of aryl methyl sites for hydroxylation is 2. The molecule has 1 saturated heterocycles. The molecule has 2 fully saturated rings. The summed E-state index contributed by atoms with van der Waals surface area (Å²) < 4.78 is 0. The average molecular weight is 367 g/mol. The van der Waals surface area contributed by atoms with E-state index in [9.17, 15) is 14.4 Å². The number of nitrogens with one attached hydrogen (secondary N) is 2. The zero-order valence-electron chi connectivity index (χ0n) is 15.9. The van der Waals surface area contributed by atoms with Gasteiger partial charge >= 0.3 is 6.03 Å². The SMILES string of the molecule is Cc1ccc(NC(=O)NC(C)N2C(=O)C3C4C=CC(CC4)C3C2=O)c(C)c1. The Kier molecular flexibility index (Phi) is 4.29. The van der Waals surface area contributed by atoms with Gasteiger partial charge in [-0.1, -0.05) is 29.8 Å². The highest BCUT2D eigenvalue weighted by Crippen LogP contribution is 2.49. The van der Waals surface area contributed by atoms with Crippen molar-refractivity contribution in [3.63, 3.8) is 0 Å². The lowest BCUT2D eigenvalue weighted by Gasteiger charge is -2.38. The van der Waals surface area contributed by atoms with Crippen molar-refractivity contribution in [3.8, 4) is 0 Å². The van der Waals surface area contributed by atoms with E-state index in [2.05, 4.69) is 22.8 Å². The molecular weight excluding hydrogens is 342 g/mol. The van der Waals surface area contributed by atoms with E-state index >= 15 is 0 Å². The maximum atomic E-state index is 12.9. The van der Waals surface area contributed by atoms with Gasteiger partial charge in [0.25, 0.3) is 0 Å². The molecule has 0 aromatic heterocycles. The number of allylic oxidation sites excluding steroid dienone is 2. The van der Waals surface area contributed by atoms with Crippen molar-refractivity contribution in [2.24, 2.45) is 23.7 Å². The number of fused-ring (bicyclic) bond motifs is 1. The molecule has 0 radical (unpaired) electrons. The van der Waals surface area contributed by atoms with Crippen LogP contribution in [-0.2, 0) is 9.59 Å². The van der Waals surface area contributed by atoms with Gasteiger partial charge in [-0.15, -0.1) is 0 Å². The van der Waals surface area contributed by atoms with Gasteiger partial charge in [0.1, 0.15) is 6.17 Å². The van der Waals surface area contributed by atoms with Crippen LogP contribution in [0.4, 0.5) is 10.5 Å². The Balaban J connectivity index is 1.45. The second kappa shape index (κ2) is 6.51. The molecule has 1 saturated carbocycles. The zero-order valence-corrected chi connectivity index (χ0v) is 15.9. The molecule has 4 amide bonds. The number of benzene rings is 1. The van der Waals surface area contributed by atoms with Gasteiger partial charge in [0, 0.05) is 5.69 Å². The lowest BCUT2D eigenvalue weighted by molar-refractivity contribution is -0.142. The number of urea groups is 1. The number of likely N-dealkylation sites (tertiary alicyclic amines) is 1. The number of nitrogens with zero attached hydrogens (tertiary/aromatic N) is 1. The van der Waals surface area contributed by atoms with Crippen LogP contribution in [-0.4, -0.2) is 28.9 Å². The maximum Gasteiger partial charge on any atom is 0.320 e. The molecule has 6 heteroatoms. The predicted molar refractivity (Wildman–Crippen MR) is 102 cm³/mol. The standard InChI is InChI=1S/C21H25N3O3/c1-11-4-9-16(12(2)10-11)23-21(27)22-13(3)24-19(25)17-14-5-6-15(8-7-14)18(17)20(24)26/h4-6,9-10,13-15,17-18H,7-8H2,1-3H3,(H2,22,23,27). The van der Waals surface area contributed by atoms with Crippen molar-refractivity contribution in [2.45, 2.75) is 39.8 Å². The Morgan fingerprint density at radius 3 is 2.19 bits per heavy atom. The van der Waals surface area contributed by atoms with Crippen molar-refractivity contribution < 1.29 is 14.4 Å². The first-order chi connectivity index (χ1) is 12.9. The molecule has 5 unspecified atom stereocenters. The third-order valence-electron chi connectivity index (χ3n) is 6.15. The second-order valence-corrected chi connectivity index (χ2v) is 7.98. The molecule has 5 atom stereocenters. The van der Waals surface area contributed by atoms with Gasteiger partial charge in [0.05, 0.1) is 11.8 Å². The van der Waals surface area contributed by atoms with Gasteiger partial charge in [-0.3, -0.25) is 14.5 Å². The van der Waals surface area contributed by atoms with Gasteiger partial charge in [-0.25, -0.2) is 4.79 Å². The molecule has 5 rings (SSSR count). The predicted octanol–water partition coefficient (Wildman–Crippen LogP) is 2.97. The summed E-state index contributed by atoms with van der Waals surface area (Å²) in [6.45, 7) is 5.60. The Bertz CT molecular complexity index is 815. The molecular formula is C21H25N3O3. The first-order valence-electron chi connectivity index (χ1n) is 9.57. The molecule has 0 spiro atoms. The Morgan fingerprint density at radius 2 is 1.67 bits per heavy atom. The summed E-state index contributed by atoms with van der Waals surface area (Å²) in [7, 11) is 0. The van der Waals surface area contributed by atoms with Crippen molar-refractivity contribution in [1.82, 2.24) is 10.2 Å². The van der Waals surface area contributed by atoms with Gasteiger partial charge in [0.15, 0.2) is 0 Å². The van der Waals surface area contributed by atoms with E-state index < -0.39 is 12.2 Å². The monoisotopic (exact) mass is 367 g/mol. The van der Waals surface area contributed by atoms with Crippen LogP contribution in [0.5, 0.6) is 0 Å². The molecule has 2 N–H and O–H groups in total. The largest absolute Gasteiger partial charge is 0.320 e. The zero-order chi connectivity index (χ0) is 19.3. The smallest absolute Gasteiger partial charge is 0.317 e. The van der Waals surface area contributed by atoms with Crippen LogP contribution in [0.15, 0.2) is 30.4 Å². The third kappa shape index (κ3) is 2.93. The molecule has 1 aromatic carbocycles. The number of anilines is 1. The van der Waals surface area contributed by atoms with E-state index in [1.165, 1.54) is 4.90 Å². The van der Waals surface area contributed by atoms with Crippen molar-refractivity contribution in [2.75, 3.05) is 5.32 Å². The minimum Gasteiger partial charge on any atom is -0.317 e. The lowest BCUT2D eigenvalue weighted by atomic mass is 9.63. The van der Waals surface area contributed by atoms with Crippen LogP contribution in [0.3, 0.4) is 0 Å². The molecule has 1 aliphatic heterocycles. The Morgan fingerprint density at radius 1 is 1.07 bits per heavy atom. The summed E-state index contributed by atoms with van der Waals surface area (Å²) in [6, 6.07) is 5.33. The number of rotatable bonds is 3. The fraction of sp³-hybridized carbons (Fsp3) is 0.476. The van der Waals surface area contributed by atoms with Crippen molar-refractivity contribution in [3.05, 3.63) is 41.5 Å². The van der Waals surface area contributed by atoms with E-state index in [1.807, 2.05) is 32.0 Å². The van der Waals surface area contributed by atoms with Gasteiger partial charge in [-0.2, -0.15) is 0 Å². The molecule has 27 heavy (non-hydrogen) atoms. The van der Waals surface area contributed by atoms with Gasteiger partial charge in [-0.05, 0) is 57.1 Å². The minimum atomic E-state index is -0.680. The topological polar surface area (TPSA) is 78.5 Å². The molecule has 1 heterocycles. The van der Waals surface area contributed by atoms with Crippen LogP contribution in [0.2, 0.25) is 0 Å². The van der Waals surface area contributed by atoms with Crippen molar-refractivity contribution >= 4 is 23.5 Å². The second-order valence-electron chi connectivity index (χ2n) is 7.98. The third-order valence-corrected chi connectivity index (χ3v) is 6.15. The maximum absolute atomic E-state index is 12.9. The summed E-state index contributed by atoms with van der Waals surface area (Å²) in [4.78, 5) is 39.5. The fourth-order valence-electron chi connectivity index (χ4n) is 4.85. The molecule has 142 valence electrons. The minimum absolute atomic E-state index is 0.150. The average Bonchev–Trinajstić information content (AvgIpc) is 2.91. The number of carbonyl (C=O) groups excluding carboxylic acids is 3. The summed E-state index contributed by atoms with van der Waals surface area (Å²) in [5.41, 5.74) is 2.78. The summed E-state index contributed by atoms with van der Waals surface area (Å²) >= 11 is 0. The lowest BCUT2D eigenvalue weighted by Crippen LogP contribution is -2.50. The molecule has 3 aliphatic carbocycles. The molecule has 2 bridgehead atoms. The molecule has 1 aromatic rings. The number of hydrogen-bond acceptors (Lipinski definition) is 3. The highest BCUT2D eigenvalue weighted by atomic mass is 16.2. The molecule has 4 aliphatic rings. The van der Waals surface area contributed by atoms with Gasteiger partial charge in [0.2, 0.25) is 11.8 Å². The van der Waals surface area contributed by atoms with Crippen LogP contribution in [0, 0.1) is 37.5 Å². The van der Waals surface area contributed by atoms with Gasteiger partial charge < -0.3 is 10.6 Å².